The number of ether oxygens (including phenoxy) is 3. The first kappa shape index (κ1) is 64.3. The summed E-state index contributed by atoms with van der Waals surface area (Å²) in [5.41, 5.74) is 0. The summed E-state index contributed by atoms with van der Waals surface area (Å²) in [6, 6.07) is 0. The van der Waals surface area contributed by atoms with Gasteiger partial charge in [0.15, 0.2) is 6.10 Å². The van der Waals surface area contributed by atoms with E-state index in [4.69, 9.17) is 14.2 Å². The number of rotatable bonds is 50. The minimum atomic E-state index is -0.602. The molecule has 0 aromatic heterocycles. The van der Waals surface area contributed by atoms with Crippen molar-refractivity contribution >= 4 is 11.9 Å². The largest absolute Gasteiger partial charge is 0.462 e. The second-order valence-corrected chi connectivity index (χ2v) is 18.1. The van der Waals surface area contributed by atoms with Gasteiger partial charge in [-0.1, -0.05) is 251 Å². The Hall–Kier alpha value is -3.70. The fourth-order valence-electron chi connectivity index (χ4n) is 7.35. The molecule has 0 aliphatic rings. The molecule has 0 heterocycles. The Balaban J connectivity index is 4.49. The molecular formula is C63H104O5. The molecule has 0 spiro atoms. The second kappa shape index (κ2) is 57.6. The first-order valence-corrected chi connectivity index (χ1v) is 28.1. The first-order valence-electron chi connectivity index (χ1n) is 28.1. The average Bonchev–Trinajstić information content (AvgIpc) is 3.34. The summed E-state index contributed by atoms with van der Waals surface area (Å²) in [5.74, 6) is -0.560. The van der Waals surface area contributed by atoms with E-state index in [9.17, 15) is 9.59 Å². The van der Waals surface area contributed by atoms with Crippen molar-refractivity contribution in [1.29, 1.82) is 0 Å². The molecule has 0 radical (unpaired) electrons. The summed E-state index contributed by atoms with van der Waals surface area (Å²) in [6.07, 6.45) is 80.9. The molecule has 0 saturated heterocycles. The summed E-state index contributed by atoms with van der Waals surface area (Å²) < 4.78 is 17.3. The molecular weight excluding hydrogens is 837 g/mol. The molecule has 0 amide bonds. The van der Waals surface area contributed by atoms with Crippen LogP contribution >= 0.6 is 0 Å². The molecule has 386 valence electrons. The van der Waals surface area contributed by atoms with Crippen LogP contribution in [0.5, 0.6) is 0 Å². The highest BCUT2D eigenvalue weighted by Gasteiger charge is 2.17. The molecule has 0 unspecified atom stereocenters. The van der Waals surface area contributed by atoms with Crippen LogP contribution in [0.3, 0.4) is 0 Å². The van der Waals surface area contributed by atoms with Gasteiger partial charge in [0.1, 0.15) is 6.61 Å². The summed E-state index contributed by atoms with van der Waals surface area (Å²) in [4.78, 5) is 25.4. The number of esters is 2. The van der Waals surface area contributed by atoms with Crippen molar-refractivity contribution in [3.8, 4) is 0 Å². The average molecular weight is 942 g/mol. The summed E-state index contributed by atoms with van der Waals surface area (Å²) in [5, 5.41) is 0. The van der Waals surface area contributed by atoms with Crippen LogP contribution in [0.2, 0.25) is 0 Å². The van der Waals surface area contributed by atoms with Crippen LogP contribution in [0.25, 0.3) is 0 Å². The van der Waals surface area contributed by atoms with Crippen LogP contribution in [-0.4, -0.2) is 37.9 Å². The third kappa shape index (κ3) is 54.9. The quantitative estimate of drug-likeness (QED) is 0.0345. The summed E-state index contributed by atoms with van der Waals surface area (Å²) >= 11 is 0. The summed E-state index contributed by atoms with van der Waals surface area (Å²) in [6.45, 7) is 7.56. The second-order valence-electron chi connectivity index (χ2n) is 18.1. The lowest BCUT2D eigenvalue weighted by molar-refractivity contribution is -0.162. The number of allylic oxidation sites excluding steroid dienone is 20. The van der Waals surface area contributed by atoms with E-state index in [2.05, 4.69) is 136 Å². The highest BCUT2D eigenvalue weighted by Crippen LogP contribution is 2.14. The minimum Gasteiger partial charge on any atom is -0.462 e. The Bertz CT molecular complexity index is 1390. The fourth-order valence-corrected chi connectivity index (χ4v) is 7.35. The highest BCUT2D eigenvalue weighted by atomic mass is 16.6. The van der Waals surface area contributed by atoms with E-state index < -0.39 is 6.10 Å². The lowest BCUT2D eigenvalue weighted by Crippen LogP contribution is -2.30. The maximum Gasteiger partial charge on any atom is 0.306 e. The van der Waals surface area contributed by atoms with E-state index in [0.717, 1.165) is 77.0 Å². The van der Waals surface area contributed by atoms with Gasteiger partial charge in [-0.3, -0.25) is 9.59 Å². The molecule has 0 aliphatic heterocycles. The van der Waals surface area contributed by atoms with Crippen LogP contribution in [0.15, 0.2) is 122 Å². The lowest BCUT2D eigenvalue weighted by atomic mass is 10.0. The van der Waals surface area contributed by atoms with Crippen molar-refractivity contribution in [2.45, 2.75) is 245 Å². The number of carbonyl (C=O) groups is 2. The zero-order valence-electron chi connectivity index (χ0n) is 44.3. The van der Waals surface area contributed by atoms with Crippen LogP contribution in [0, 0.1) is 0 Å². The van der Waals surface area contributed by atoms with Gasteiger partial charge in [-0.25, -0.2) is 0 Å². The molecule has 0 bridgehead atoms. The molecule has 0 fully saturated rings. The molecule has 0 saturated carbocycles. The van der Waals surface area contributed by atoms with E-state index in [1.165, 1.54) is 116 Å². The molecule has 0 rings (SSSR count). The number of carbonyl (C=O) groups excluding carboxylic acids is 2. The van der Waals surface area contributed by atoms with Gasteiger partial charge >= 0.3 is 11.9 Å². The smallest absolute Gasteiger partial charge is 0.306 e. The normalized spacial score (nSPS) is 13.2. The Morgan fingerprint density at radius 3 is 1.12 bits per heavy atom. The van der Waals surface area contributed by atoms with Crippen LogP contribution < -0.4 is 0 Å². The van der Waals surface area contributed by atoms with E-state index in [1.54, 1.807) is 0 Å². The molecule has 68 heavy (non-hydrogen) atoms. The topological polar surface area (TPSA) is 61.8 Å². The minimum absolute atomic E-state index is 0.0183. The third-order valence-electron chi connectivity index (χ3n) is 11.5. The SMILES string of the molecule is CC/C=C\C/C=C\C/C=C\C/C=C\C/C=C\C/C=C\CCC(=O)OC[C@@H](COCCCCCCCCCCCCCCCCCC)OC(=O)CCC/C=C\C/C=C\C/C=C\C/C=C\CCCCC. The number of unbranched alkanes of at least 4 members (excludes halogenated alkanes) is 19. The summed E-state index contributed by atoms with van der Waals surface area (Å²) in [7, 11) is 0. The van der Waals surface area contributed by atoms with Crippen LogP contribution in [0.4, 0.5) is 0 Å². The predicted octanol–water partition coefficient (Wildman–Crippen LogP) is 19.3. The van der Waals surface area contributed by atoms with Gasteiger partial charge in [0.25, 0.3) is 0 Å². The van der Waals surface area contributed by atoms with Gasteiger partial charge in [0.05, 0.1) is 6.61 Å². The van der Waals surface area contributed by atoms with Gasteiger partial charge in [0.2, 0.25) is 0 Å². The van der Waals surface area contributed by atoms with Crippen molar-refractivity contribution in [3.05, 3.63) is 122 Å². The van der Waals surface area contributed by atoms with Crippen LogP contribution in [0.1, 0.15) is 239 Å². The molecule has 0 aromatic rings. The predicted molar refractivity (Wildman–Crippen MR) is 297 cm³/mol. The van der Waals surface area contributed by atoms with Crippen molar-refractivity contribution in [1.82, 2.24) is 0 Å². The number of hydrogen-bond acceptors (Lipinski definition) is 5. The van der Waals surface area contributed by atoms with E-state index in [0.29, 0.717) is 25.9 Å². The van der Waals surface area contributed by atoms with Crippen molar-refractivity contribution < 1.29 is 23.8 Å². The molecule has 0 N–H and O–H groups in total. The van der Waals surface area contributed by atoms with Gasteiger partial charge in [-0.15, -0.1) is 0 Å². The zero-order valence-corrected chi connectivity index (χ0v) is 44.3. The maximum atomic E-state index is 12.8. The standard InChI is InChI=1S/C63H104O5/c1-4-7-10-13-16-19-22-25-28-31-32-34-35-38-41-44-47-50-53-56-62(64)67-60-61(59-66-58-55-52-49-46-43-40-37-30-27-24-21-18-15-12-9-6-3)68-63(65)57-54-51-48-45-42-39-36-33-29-26-23-20-17-14-11-8-5-2/h7,10,16-17,19-20,25-26,28-29,32,34,36,38-39,41,45,47-48,50,61H,4-6,8-9,11-15,18,21-24,27,30-31,33,35,37,40,42-44,46,49,51-60H2,1-3H3/b10-7-,19-16-,20-17-,28-25-,29-26-,34-32-,39-36-,41-38-,48-45-,50-47-/t61-/m1/s1. The van der Waals surface area contributed by atoms with Gasteiger partial charge < -0.3 is 14.2 Å². The zero-order chi connectivity index (χ0) is 49.2. The lowest BCUT2D eigenvalue weighted by Gasteiger charge is -2.18. The van der Waals surface area contributed by atoms with Crippen LogP contribution in [-0.2, 0) is 23.8 Å². The molecule has 1 atom stereocenters. The van der Waals surface area contributed by atoms with Gasteiger partial charge in [-0.2, -0.15) is 0 Å². The third-order valence-corrected chi connectivity index (χ3v) is 11.5. The first-order chi connectivity index (χ1) is 33.6. The van der Waals surface area contributed by atoms with Crippen molar-refractivity contribution in [2.75, 3.05) is 19.8 Å². The monoisotopic (exact) mass is 941 g/mol. The Kier molecular flexibility index (Phi) is 54.5. The Morgan fingerprint density at radius 2 is 0.691 bits per heavy atom. The Morgan fingerprint density at radius 1 is 0.338 bits per heavy atom. The van der Waals surface area contributed by atoms with Gasteiger partial charge in [-0.05, 0) is 96.3 Å². The molecule has 5 heteroatoms. The van der Waals surface area contributed by atoms with E-state index in [-0.39, 0.29) is 31.6 Å². The highest BCUT2D eigenvalue weighted by molar-refractivity contribution is 5.70. The van der Waals surface area contributed by atoms with Crippen molar-refractivity contribution in [2.24, 2.45) is 0 Å². The van der Waals surface area contributed by atoms with E-state index in [1.807, 2.05) is 6.08 Å². The van der Waals surface area contributed by atoms with E-state index >= 15 is 0 Å². The fraction of sp³-hybridized carbons (Fsp3) is 0.651. The maximum absolute atomic E-state index is 12.8. The molecule has 0 aromatic carbocycles. The Labute approximate surface area is 420 Å². The molecule has 0 aliphatic carbocycles. The molecule has 5 nitrogen and oxygen atoms in total. The van der Waals surface area contributed by atoms with Crippen molar-refractivity contribution in [3.63, 3.8) is 0 Å². The van der Waals surface area contributed by atoms with Gasteiger partial charge in [0, 0.05) is 19.4 Å². The number of hydrogen-bond donors (Lipinski definition) is 0.